The molecule has 1 saturated heterocycles. The Bertz CT molecular complexity index is 522. The number of hydrogen-bond donors (Lipinski definition) is 0. The van der Waals surface area contributed by atoms with Crippen LogP contribution < -0.4 is 4.90 Å². The van der Waals surface area contributed by atoms with Crippen LogP contribution in [0, 0.1) is 6.92 Å². The van der Waals surface area contributed by atoms with Crippen LogP contribution in [0.25, 0.3) is 5.65 Å². The predicted octanol–water partition coefficient (Wildman–Crippen LogP) is 1.59. The molecule has 0 amide bonds. The molecule has 1 fully saturated rings. The Balaban J connectivity index is 2.01. The Hall–Kier alpha value is -1.65. The van der Waals surface area contributed by atoms with Gasteiger partial charge in [0, 0.05) is 6.54 Å². The van der Waals surface area contributed by atoms with Gasteiger partial charge in [-0.05, 0) is 25.5 Å². The minimum atomic E-state index is -0.721. The average Bonchev–Trinajstić information content (AvgIpc) is 2.86. The van der Waals surface area contributed by atoms with Crippen LogP contribution in [0.5, 0.6) is 0 Å². The third kappa shape index (κ3) is 1.43. The summed E-state index contributed by atoms with van der Waals surface area (Å²) in [5, 5.41) is 4.46. The van der Waals surface area contributed by atoms with Crippen molar-refractivity contribution in [2.75, 3.05) is 18.0 Å². The van der Waals surface area contributed by atoms with Gasteiger partial charge in [-0.25, -0.2) is 13.9 Å². The molecule has 1 aliphatic heterocycles. The van der Waals surface area contributed by atoms with Gasteiger partial charge in [-0.1, -0.05) is 0 Å². The Morgan fingerprint density at radius 2 is 2.31 bits per heavy atom. The number of alkyl halides is 1. The van der Waals surface area contributed by atoms with Gasteiger partial charge in [0.2, 0.25) is 0 Å². The molecule has 16 heavy (non-hydrogen) atoms. The van der Waals surface area contributed by atoms with E-state index in [1.165, 1.54) is 0 Å². The van der Waals surface area contributed by atoms with E-state index in [0.717, 1.165) is 23.7 Å². The average molecular weight is 220 g/mol. The highest BCUT2D eigenvalue weighted by atomic mass is 19.1. The molecular formula is C11H13FN4. The van der Waals surface area contributed by atoms with E-state index in [1.807, 2.05) is 24.0 Å². The molecule has 0 aromatic carbocycles. The molecule has 0 saturated carbocycles. The fraction of sp³-hybridized carbons (Fsp3) is 0.455. The fourth-order valence-electron chi connectivity index (χ4n) is 2.07. The van der Waals surface area contributed by atoms with Crippen molar-refractivity contribution in [1.29, 1.82) is 0 Å². The van der Waals surface area contributed by atoms with E-state index < -0.39 is 6.17 Å². The molecule has 4 nitrogen and oxygen atoms in total. The molecule has 2 aromatic heterocycles. The number of halogens is 1. The minimum Gasteiger partial charge on any atom is -0.352 e. The summed E-state index contributed by atoms with van der Waals surface area (Å²) in [6.07, 6.45) is 1.66. The number of aromatic nitrogens is 3. The van der Waals surface area contributed by atoms with Gasteiger partial charge in [0.25, 0.3) is 0 Å². The molecule has 3 rings (SSSR count). The van der Waals surface area contributed by atoms with E-state index in [2.05, 4.69) is 10.1 Å². The number of aryl methyl sites for hydroxylation is 1. The Morgan fingerprint density at radius 1 is 1.44 bits per heavy atom. The standard InChI is InChI=1S/C11H13FN4/c1-8-6-13-10-2-3-11(14-16(8)10)15-5-4-9(12)7-15/h2-3,6,9H,4-5,7H2,1H3. The van der Waals surface area contributed by atoms with Crippen LogP contribution in [0.3, 0.4) is 0 Å². The fourth-order valence-corrected chi connectivity index (χ4v) is 2.07. The quantitative estimate of drug-likeness (QED) is 0.731. The van der Waals surface area contributed by atoms with E-state index in [1.54, 1.807) is 10.7 Å². The SMILES string of the molecule is Cc1cnc2ccc(N3CCC(F)C3)nn12. The van der Waals surface area contributed by atoms with Crippen molar-refractivity contribution in [3.05, 3.63) is 24.0 Å². The topological polar surface area (TPSA) is 33.4 Å². The lowest BCUT2D eigenvalue weighted by Crippen LogP contribution is -2.21. The van der Waals surface area contributed by atoms with Crippen molar-refractivity contribution in [3.8, 4) is 0 Å². The lowest BCUT2D eigenvalue weighted by Gasteiger charge is -2.15. The van der Waals surface area contributed by atoms with Gasteiger partial charge in [-0.2, -0.15) is 0 Å². The van der Waals surface area contributed by atoms with Crippen LogP contribution in [-0.2, 0) is 0 Å². The molecule has 0 spiro atoms. The molecule has 0 aliphatic carbocycles. The zero-order valence-electron chi connectivity index (χ0n) is 9.10. The first-order chi connectivity index (χ1) is 7.74. The summed E-state index contributed by atoms with van der Waals surface area (Å²) in [6.45, 7) is 3.15. The lowest BCUT2D eigenvalue weighted by molar-refractivity contribution is 0.364. The van der Waals surface area contributed by atoms with Gasteiger partial charge in [0.15, 0.2) is 5.65 Å². The number of anilines is 1. The Kier molecular flexibility index (Phi) is 2.05. The van der Waals surface area contributed by atoms with Crippen LogP contribution in [0.1, 0.15) is 12.1 Å². The number of nitrogens with zero attached hydrogens (tertiary/aromatic N) is 4. The third-order valence-electron chi connectivity index (χ3n) is 2.97. The van der Waals surface area contributed by atoms with Crippen molar-refractivity contribution in [1.82, 2.24) is 14.6 Å². The zero-order valence-corrected chi connectivity index (χ0v) is 9.10. The molecule has 0 N–H and O–H groups in total. The van der Waals surface area contributed by atoms with Crippen molar-refractivity contribution in [3.63, 3.8) is 0 Å². The first-order valence-corrected chi connectivity index (χ1v) is 5.44. The molecule has 2 aromatic rings. The van der Waals surface area contributed by atoms with E-state index in [0.29, 0.717) is 13.0 Å². The Morgan fingerprint density at radius 3 is 3.06 bits per heavy atom. The summed E-state index contributed by atoms with van der Waals surface area (Å²) < 4.78 is 14.9. The second kappa shape index (κ2) is 3.43. The molecule has 1 atom stereocenters. The summed E-state index contributed by atoms with van der Waals surface area (Å²) in [5.74, 6) is 0.828. The van der Waals surface area contributed by atoms with Crippen LogP contribution in [-0.4, -0.2) is 33.9 Å². The van der Waals surface area contributed by atoms with Crippen LogP contribution in [0.15, 0.2) is 18.3 Å². The second-order valence-electron chi connectivity index (χ2n) is 4.19. The summed E-state index contributed by atoms with van der Waals surface area (Å²) in [7, 11) is 0. The summed E-state index contributed by atoms with van der Waals surface area (Å²) in [4.78, 5) is 6.18. The van der Waals surface area contributed by atoms with Crippen LogP contribution in [0.2, 0.25) is 0 Å². The monoisotopic (exact) mass is 220 g/mol. The number of hydrogen-bond acceptors (Lipinski definition) is 3. The molecule has 0 bridgehead atoms. The summed E-state index contributed by atoms with van der Waals surface area (Å²) >= 11 is 0. The van der Waals surface area contributed by atoms with Gasteiger partial charge >= 0.3 is 0 Å². The lowest BCUT2D eigenvalue weighted by atomic mass is 10.3. The Labute approximate surface area is 92.7 Å². The molecule has 84 valence electrons. The molecule has 0 radical (unpaired) electrons. The van der Waals surface area contributed by atoms with E-state index in [9.17, 15) is 4.39 Å². The third-order valence-corrected chi connectivity index (χ3v) is 2.97. The first kappa shape index (κ1) is 9.57. The van der Waals surface area contributed by atoms with Crippen LogP contribution in [0.4, 0.5) is 10.2 Å². The van der Waals surface area contributed by atoms with Crippen molar-refractivity contribution >= 4 is 11.5 Å². The summed E-state index contributed by atoms with van der Waals surface area (Å²) in [6, 6.07) is 3.82. The van der Waals surface area contributed by atoms with E-state index >= 15 is 0 Å². The van der Waals surface area contributed by atoms with Crippen molar-refractivity contribution in [2.45, 2.75) is 19.5 Å². The van der Waals surface area contributed by atoms with Crippen molar-refractivity contribution < 1.29 is 4.39 Å². The van der Waals surface area contributed by atoms with Gasteiger partial charge in [-0.15, -0.1) is 5.10 Å². The largest absolute Gasteiger partial charge is 0.352 e. The highest BCUT2D eigenvalue weighted by Crippen LogP contribution is 2.20. The molecule has 1 aliphatic rings. The molecular weight excluding hydrogens is 207 g/mol. The van der Waals surface area contributed by atoms with Gasteiger partial charge < -0.3 is 4.90 Å². The highest BCUT2D eigenvalue weighted by Gasteiger charge is 2.23. The minimum absolute atomic E-state index is 0.451. The first-order valence-electron chi connectivity index (χ1n) is 5.44. The smallest absolute Gasteiger partial charge is 0.153 e. The van der Waals surface area contributed by atoms with Gasteiger partial charge in [0.05, 0.1) is 18.4 Å². The maximum absolute atomic E-state index is 13.1. The maximum atomic E-state index is 13.1. The molecule has 3 heterocycles. The molecule has 5 heteroatoms. The number of imidazole rings is 1. The number of rotatable bonds is 1. The van der Waals surface area contributed by atoms with E-state index in [-0.39, 0.29) is 0 Å². The predicted molar refractivity (Wildman–Crippen MR) is 59.5 cm³/mol. The maximum Gasteiger partial charge on any atom is 0.153 e. The summed E-state index contributed by atoms with van der Waals surface area (Å²) in [5.41, 5.74) is 1.82. The zero-order chi connectivity index (χ0) is 11.1. The normalized spacial score (nSPS) is 20.9. The number of fused-ring (bicyclic) bond motifs is 1. The van der Waals surface area contributed by atoms with Crippen molar-refractivity contribution in [2.24, 2.45) is 0 Å². The molecule has 1 unspecified atom stereocenters. The van der Waals surface area contributed by atoms with Gasteiger partial charge in [-0.3, -0.25) is 0 Å². The second-order valence-corrected chi connectivity index (χ2v) is 4.19. The van der Waals surface area contributed by atoms with E-state index in [4.69, 9.17) is 0 Å². The van der Waals surface area contributed by atoms with Gasteiger partial charge in [0.1, 0.15) is 12.0 Å². The van der Waals surface area contributed by atoms with Crippen LogP contribution >= 0.6 is 0 Å². The highest BCUT2D eigenvalue weighted by molar-refractivity contribution is 5.47.